The molecule has 0 N–H and O–H groups in total. The normalized spacial score (nSPS) is 16.7. The highest BCUT2D eigenvalue weighted by atomic mass is 15.4. The number of hydrogen-bond donors (Lipinski definition) is 0. The molecule has 1 aliphatic heterocycles. The minimum Gasteiger partial charge on any atom is -0.296 e. The first-order valence-corrected chi connectivity index (χ1v) is 7.92. The van der Waals surface area contributed by atoms with E-state index in [1.807, 2.05) is 45.9 Å². The van der Waals surface area contributed by atoms with Crippen LogP contribution in [-0.2, 0) is 6.54 Å². The second-order valence-corrected chi connectivity index (χ2v) is 5.83. The number of benzene rings is 1. The second-order valence-electron chi connectivity index (χ2n) is 5.83. The molecule has 1 fully saturated rings. The molecule has 7 nitrogen and oxygen atoms in total. The summed E-state index contributed by atoms with van der Waals surface area (Å²) in [5.41, 5.74) is 1.04. The minimum atomic E-state index is 0.462. The largest absolute Gasteiger partial charge is 0.296 e. The first-order valence-electron chi connectivity index (χ1n) is 7.92. The Morgan fingerprint density at radius 2 is 1.91 bits per heavy atom. The molecule has 3 heterocycles. The fourth-order valence-corrected chi connectivity index (χ4v) is 3.03. The molecule has 7 heteroatoms. The van der Waals surface area contributed by atoms with Gasteiger partial charge in [0.25, 0.3) is 0 Å². The van der Waals surface area contributed by atoms with Gasteiger partial charge in [-0.25, -0.2) is 14.3 Å². The summed E-state index contributed by atoms with van der Waals surface area (Å²) in [7, 11) is 0. The smallest absolute Gasteiger partial charge is 0.164 e. The topological polar surface area (TPSA) is 64.7 Å². The fourth-order valence-electron chi connectivity index (χ4n) is 3.03. The van der Waals surface area contributed by atoms with Gasteiger partial charge in [-0.2, -0.15) is 0 Å². The molecule has 0 radical (unpaired) electrons. The van der Waals surface area contributed by atoms with Gasteiger partial charge < -0.3 is 0 Å². The molecule has 0 amide bonds. The van der Waals surface area contributed by atoms with Crippen LogP contribution >= 0.6 is 0 Å². The van der Waals surface area contributed by atoms with Crippen LogP contribution in [0.5, 0.6) is 0 Å². The van der Waals surface area contributed by atoms with Gasteiger partial charge in [0.2, 0.25) is 0 Å². The Labute approximate surface area is 134 Å². The summed E-state index contributed by atoms with van der Waals surface area (Å²) in [6.07, 6.45) is 7.65. The van der Waals surface area contributed by atoms with Gasteiger partial charge in [-0.05, 0) is 25.0 Å². The third-order valence-electron chi connectivity index (χ3n) is 4.30. The summed E-state index contributed by atoms with van der Waals surface area (Å²) in [5, 5.41) is 12.6. The number of rotatable bonds is 4. The SMILES string of the molecule is c1ccc(-n2cnc(CN3CCC(n4ccnn4)CC3)n2)cc1. The van der Waals surface area contributed by atoms with Crippen LogP contribution < -0.4 is 0 Å². The van der Waals surface area contributed by atoms with E-state index in [2.05, 4.69) is 25.3 Å². The lowest BCUT2D eigenvalue weighted by Gasteiger charge is -2.30. The van der Waals surface area contributed by atoms with Gasteiger partial charge in [0.1, 0.15) is 6.33 Å². The third-order valence-corrected chi connectivity index (χ3v) is 4.30. The number of nitrogens with zero attached hydrogens (tertiary/aromatic N) is 7. The lowest BCUT2D eigenvalue weighted by atomic mass is 10.1. The number of likely N-dealkylation sites (tertiary alicyclic amines) is 1. The molecule has 0 atom stereocenters. The first-order chi connectivity index (χ1) is 11.4. The summed E-state index contributed by atoms with van der Waals surface area (Å²) in [5.74, 6) is 0.869. The Morgan fingerprint density at radius 1 is 1.09 bits per heavy atom. The van der Waals surface area contributed by atoms with Gasteiger partial charge in [0.15, 0.2) is 5.82 Å². The number of piperidine rings is 1. The van der Waals surface area contributed by atoms with E-state index in [9.17, 15) is 0 Å². The van der Waals surface area contributed by atoms with Gasteiger partial charge in [-0.15, -0.1) is 10.2 Å². The van der Waals surface area contributed by atoms with Gasteiger partial charge in [-0.3, -0.25) is 4.90 Å². The molecular formula is C16H19N7. The van der Waals surface area contributed by atoms with Crippen molar-refractivity contribution in [1.82, 2.24) is 34.7 Å². The van der Waals surface area contributed by atoms with Crippen molar-refractivity contribution >= 4 is 0 Å². The number of para-hydroxylation sites is 1. The van der Waals surface area contributed by atoms with Crippen molar-refractivity contribution in [3.05, 3.63) is 54.9 Å². The minimum absolute atomic E-state index is 0.462. The predicted octanol–water partition coefficient (Wildman–Crippen LogP) is 1.70. The Morgan fingerprint density at radius 3 is 2.65 bits per heavy atom. The van der Waals surface area contributed by atoms with E-state index in [0.717, 1.165) is 44.0 Å². The van der Waals surface area contributed by atoms with Crippen LogP contribution in [0, 0.1) is 0 Å². The van der Waals surface area contributed by atoms with Crippen molar-refractivity contribution in [1.29, 1.82) is 0 Å². The maximum Gasteiger partial charge on any atom is 0.164 e. The van der Waals surface area contributed by atoms with E-state index in [1.54, 1.807) is 12.5 Å². The molecule has 3 aromatic rings. The molecule has 0 bridgehead atoms. The van der Waals surface area contributed by atoms with Crippen LogP contribution in [0.1, 0.15) is 24.7 Å². The Kier molecular flexibility index (Phi) is 3.85. The summed E-state index contributed by atoms with van der Waals surface area (Å²) >= 11 is 0. The second kappa shape index (κ2) is 6.29. The van der Waals surface area contributed by atoms with Crippen molar-refractivity contribution < 1.29 is 0 Å². The van der Waals surface area contributed by atoms with E-state index in [4.69, 9.17) is 0 Å². The van der Waals surface area contributed by atoms with Gasteiger partial charge in [0, 0.05) is 19.3 Å². The summed E-state index contributed by atoms with van der Waals surface area (Å²) in [4.78, 5) is 6.84. The first kappa shape index (κ1) is 14.1. The zero-order valence-electron chi connectivity index (χ0n) is 12.9. The highest BCUT2D eigenvalue weighted by molar-refractivity contribution is 5.29. The van der Waals surface area contributed by atoms with Gasteiger partial charge >= 0.3 is 0 Å². The molecule has 0 spiro atoms. The molecule has 0 unspecified atom stereocenters. The van der Waals surface area contributed by atoms with Gasteiger partial charge in [-0.1, -0.05) is 23.4 Å². The van der Waals surface area contributed by atoms with Crippen molar-refractivity contribution in [3.63, 3.8) is 0 Å². The molecule has 2 aromatic heterocycles. The van der Waals surface area contributed by atoms with Crippen LogP contribution in [0.15, 0.2) is 49.1 Å². The molecule has 1 saturated heterocycles. The lowest BCUT2D eigenvalue weighted by molar-refractivity contribution is 0.169. The molecule has 23 heavy (non-hydrogen) atoms. The monoisotopic (exact) mass is 309 g/mol. The predicted molar refractivity (Wildman–Crippen MR) is 84.9 cm³/mol. The van der Waals surface area contributed by atoms with E-state index >= 15 is 0 Å². The van der Waals surface area contributed by atoms with Crippen LogP contribution in [0.25, 0.3) is 5.69 Å². The maximum atomic E-state index is 4.58. The summed E-state index contributed by atoms with van der Waals surface area (Å²) in [6, 6.07) is 10.5. The summed E-state index contributed by atoms with van der Waals surface area (Å²) in [6.45, 7) is 2.86. The quantitative estimate of drug-likeness (QED) is 0.734. The zero-order valence-corrected chi connectivity index (χ0v) is 12.9. The standard InChI is InChI=1S/C16H19N7/c1-2-4-14(5-3-1)23-13-17-16(19-23)12-21-9-6-15(7-10-21)22-11-8-18-20-22/h1-5,8,11,13,15H,6-7,9-10,12H2. The van der Waals surface area contributed by atoms with E-state index in [1.165, 1.54) is 0 Å². The van der Waals surface area contributed by atoms with Crippen LogP contribution in [0.2, 0.25) is 0 Å². The molecule has 1 aromatic carbocycles. The number of aromatic nitrogens is 6. The van der Waals surface area contributed by atoms with E-state index < -0.39 is 0 Å². The Balaban J connectivity index is 1.36. The molecule has 0 saturated carbocycles. The highest BCUT2D eigenvalue weighted by Crippen LogP contribution is 2.21. The van der Waals surface area contributed by atoms with Crippen molar-refractivity contribution in [2.24, 2.45) is 0 Å². The lowest BCUT2D eigenvalue weighted by Crippen LogP contribution is -2.34. The molecule has 0 aliphatic carbocycles. The molecule has 4 rings (SSSR count). The molecule has 1 aliphatic rings. The van der Waals surface area contributed by atoms with Crippen molar-refractivity contribution in [2.45, 2.75) is 25.4 Å². The average Bonchev–Trinajstić information content (AvgIpc) is 3.28. The van der Waals surface area contributed by atoms with Crippen molar-refractivity contribution in [3.8, 4) is 5.69 Å². The molecule has 118 valence electrons. The zero-order chi connectivity index (χ0) is 15.5. The van der Waals surface area contributed by atoms with Gasteiger partial charge in [0.05, 0.1) is 24.5 Å². The Hall–Kier alpha value is -2.54. The van der Waals surface area contributed by atoms with Crippen LogP contribution in [-0.4, -0.2) is 47.7 Å². The van der Waals surface area contributed by atoms with Crippen LogP contribution in [0.3, 0.4) is 0 Å². The highest BCUT2D eigenvalue weighted by Gasteiger charge is 2.21. The average molecular weight is 309 g/mol. The van der Waals surface area contributed by atoms with Crippen molar-refractivity contribution in [2.75, 3.05) is 13.1 Å². The summed E-state index contributed by atoms with van der Waals surface area (Å²) < 4.78 is 3.80. The van der Waals surface area contributed by atoms with E-state index in [-0.39, 0.29) is 0 Å². The molecular weight excluding hydrogens is 290 g/mol. The van der Waals surface area contributed by atoms with E-state index in [0.29, 0.717) is 6.04 Å². The maximum absolute atomic E-state index is 4.58. The number of hydrogen-bond acceptors (Lipinski definition) is 5. The fraction of sp³-hybridized carbons (Fsp3) is 0.375. The van der Waals surface area contributed by atoms with Crippen LogP contribution in [0.4, 0.5) is 0 Å². The third kappa shape index (κ3) is 3.14. The Bertz CT molecular complexity index is 727.